The lowest BCUT2D eigenvalue weighted by Crippen LogP contribution is -2.71. The Balaban J connectivity index is 1.79. The third-order valence-corrected chi connectivity index (χ3v) is 11.6. The molecule has 2 aliphatic carbocycles. The molecule has 2 N–H and O–H groups in total. The zero-order valence-electron chi connectivity index (χ0n) is 28.0. The molecule has 0 aromatic carbocycles. The fraction of sp³-hybridized carbons (Fsp3) is 0.629. The summed E-state index contributed by atoms with van der Waals surface area (Å²) in [5.74, 6) is -6.21. The number of rotatable bonds is 9. The highest BCUT2D eigenvalue weighted by atomic mass is 16.6. The van der Waals surface area contributed by atoms with E-state index in [2.05, 4.69) is 6.58 Å². The molecule has 2 aliphatic heterocycles. The zero-order chi connectivity index (χ0) is 35.4. The van der Waals surface area contributed by atoms with Crippen molar-refractivity contribution in [1.82, 2.24) is 0 Å². The van der Waals surface area contributed by atoms with Gasteiger partial charge in [0.1, 0.15) is 36.1 Å². The summed E-state index contributed by atoms with van der Waals surface area (Å²) in [6, 6.07) is 1.67. The van der Waals surface area contributed by atoms with E-state index >= 15 is 0 Å². The van der Waals surface area contributed by atoms with Crippen LogP contribution in [0.1, 0.15) is 72.3 Å². The number of cyclic esters (lactones) is 1. The maximum atomic E-state index is 13.7. The van der Waals surface area contributed by atoms with Crippen LogP contribution in [0.4, 0.5) is 0 Å². The van der Waals surface area contributed by atoms with E-state index < -0.39 is 94.0 Å². The van der Waals surface area contributed by atoms with Crippen molar-refractivity contribution in [3.05, 3.63) is 48.5 Å². The second-order valence-corrected chi connectivity index (χ2v) is 14.2. The average molecular weight is 673 g/mol. The van der Waals surface area contributed by atoms with Crippen molar-refractivity contribution in [2.75, 3.05) is 6.61 Å². The van der Waals surface area contributed by atoms with E-state index in [0.29, 0.717) is 12.0 Å². The highest BCUT2D eigenvalue weighted by Crippen LogP contribution is 2.69. The standard InChI is InChI=1S/C35H44O13/c1-8-18(2)28(40)31(41)47-30-29(45-17-36)27(32(5)11-9-25(38)48-33(6)16-44-26(39)14-23(32)33)19(3)35(42)24(46-20(4)37)13-22(34(30,35)7)21-10-12-43-15-21/h9-12,15,17-18,22-24,27-30,40,42H,3,8,13-14,16H2,1-2,4-7H3/t18?,22?,23?,24-,27?,28?,29+,30-,32-,33+,34+,35+/m0/s1. The number of carbonyl (C=O) groups excluding carboxylic acids is 5. The number of ether oxygens (including phenoxy) is 5. The molecule has 48 heavy (non-hydrogen) atoms. The number of furan rings is 1. The molecule has 262 valence electrons. The lowest BCUT2D eigenvalue weighted by Gasteiger charge is -2.61. The lowest BCUT2D eigenvalue weighted by molar-refractivity contribution is -0.243. The number of hydrogen-bond acceptors (Lipinski definition) is 13. The second kappa shape index (κ2) is 12.5. The molecule has 2 saturated carbocycles. The van der Waals surface area contributed by atoms with Gasteiger partial charge in [0.05, 0.1) is 24.4 Å². The quantitative estimate of drug-likeness (QED) is 0.169. The molecule has 1 saturated heterocycles. The maximum absolute atomic E-state index is 13.7. The Morgan fingerprint density at radius 3 is 2.52 bits per heavy atom. The first-order valence-electron chi connectivity index (χ1n) is 16.2. The Kier molecular flexibility index (Phi) is 9.19. The van der Waals surface area contributed by atoms with E-state index in [0.717, 1.165) is 0 Å². The summed E-state index contributed by atoms with van der Waals surface area (Å²) in [6.45, 7) is 13.9. The SMILES string of the molecule is C=C1C([C@@]2(C)C=CC(=O)O[C@]3(C)COC(=O)CC23)[C@@H](OC=O)[C@H](OC(=O)C(O)C(C)CC)[C@@]2(C)C(c3ccoc3)C[C@H](OC(C)=O)[C@]12O. The van der Waals surface area contributed by atoms with Crippen molar-refractivity contribution >= 4 is 30.3 Å². The number of hydrogen-bond donors (Lipinski definition) is 2. The van der Waals surface area contributed by atoms with Crippen LogP contribution in [0.25, 0.3) is 0 Å². The van der Waals surface area contributed by atoms with Gasteiger partial charge in [0.25, 0.3) is 6.47 Å². The molecule has 0 spiro atoms. The van der Waals surface area contributed by atoms with E-state index in [-0.39, 0.29) is 31.5 Å². The van der Waals surface area contributed by atoms with Gasteiger partial charge in [-0.1, -0.05) is 46.8 Å². The fourth-order valence-electron chi connectivity index (χ4n) is 8.93. The van der Waals surface area contributed by atoms with Crippen LogP contribution < -0.4 is 0 Å². The summed E-state index contributed by atoms with van der Waals surface area (Å²) < 4.78 is 34.4. The van der Waals surface area contributed by atoms with Crippen LogP contribution in [0, 0.1) is 28.6 Å². The van der Waals surface area contributed by atoms with Gasteiger partial charge in [0, 0.05) is 36.2 Å². The van der Waals surface area contributed by atoms with E-state index in [1.807, 2.05) is 0 Å². The Morgan fingerprint density at radius 1 is 1.21 bits per heavy atom. The van der Waals surface area contributed by atoms with Crippen LogP contribution in [-0.2, 0) is 47.7 Å². The Labute approximate surface area is 278 Å². The summed E-state index contributed by atoms with van der Waals surface area (Å²) in [5, 5.41) is 24.2. The van der Waals surface area contributed by atoms with Gasteiger partial charge in [0.15, 0.2) is 6.10 Å². The first kappa shape index (κ1) is 35.3. The van der Waals surface area contributed by atoms with E-state index in [9.17, 15) is 34.2 Å². The normalized spacial score (nSPS) is 40.3. The van der Waals surface area contributed by atoms with Crippen molar-refractivity contribution in [3.8, 4) is 0 Å². The zero-order valence-corrected chi connectivity index (χ0v) is 28.0. The molecule has 0 bridgehead atoms. The molecule has 13 heteroatoms. The van der Waals surface area contributed by atoms with Crippen LogP contribution in [0.2, 0.25) is 0 Å². The molecular formula is C35H44O13. The van der Waals surface area contributed by atoms with E-state index in [4.69, 9.17) is 28.1 Å². The molecular weight excluding hydrogens is 628 g/mol. The number of allylic oxidation sites excluding steroid dienone is 1. The predicted octanol–water partition coefficient (Wildman–Crippen LogP) is 2.92. The van der Waals surface area contributed by atoms with Gasteiger partial charge in [0.2, 0.25) is 0 Å². The van der Waals surface area contributed by atoms with E-state index in [1.54, 1.807) is 40.7 Å². The minimum atomic E-state index is -2.17. The van der Waals surface area contributed by atoms with Crippen molar-refractivity contribution in [2.24, 2.45) is 28.6 Å². The first-order chi connectivity index (χ1) is 22.5. The smallest absolute Gasteiger partial charge is 0.335 e. The maximum Gasteiger partial charge on any atom is 0.335 e. The molecule has 1 aromatic rings. The number of aliphatic hydroxyl groups is 2. The summed E-state index contributed by atoms with van der Waals surface area (Å²) >= 11 is 0. The van der Waals surface area contributed by atoms with Crippen molar-refractivity contribution < 1.29 is 62.3 Å². The molecule has 12 atom stereocenters. The number of carbonyl (C=O) groups is 5. The molecule has 1 aromatic heterocycles. The Hall–Kier alpha value is -3.97. The van der Waals surface area contributed by atoms with Gasteiger partial charge >= 0.3 is 23.9 Å². The van der Waals surface area contributed by atoms with Crippen molar-refractivity contribution in [1.29, 1.82) is 0 Å². The molecule has 3 fully saturated rings. The largest absolute Gasteiger partial charge is 0.472 e. The summed E-state index contributed by atoms with van der Waals surface area (Å²) in [5.41, 5.74) is -5.87. The lowest BCUT2D eigenvalue weighted by atomic mass is 9.47. The van der Waals surface area contributed by atoms with Gasteiger partial charge in [-0.2, -0.15) is 0 Å². The van der Waals surface area contributed by atoms with E-state index in [1.165, 1.54) is 31.6 Å². The van der Waals surface area contributed by atoms with Crippen molar-refractivity contribution in [3.63, 3.8) is 0 Å². The van der Waals surface area contributed by atoms with Crippen molar-refractivity contribution in [2.45, 2.75) is 102 Å². The molecule has 13 nitrogen and oxygen atoms in total. The molecule has 0 radical (unpaired) electrons. The second-order valence-electron chi connectivity index (χ2n) is 14.2. The topological polar surface area (TPSA) is 185 Å². The third-order valence-electron chi connectivity index (χ3n) is 11.6. The number of aliphatic hydroxyl groups excluding tert-OH is 1. The van der Waals surface area contributed by atoms with Gasteiger partial charge < -0.3 is 38.3 Å². The van der Waals surface area contributed by atoms with Gasteiger partial charge in [-0.05, 0) is 36.5 Å². The van der Waals surface area contributed by atoms with Gasteiger partial charge in [-0.3, -0.25) is 14.4 Å². The van der Waals surface area contributed by atoms with Crippen LogP contribution in [-0.4, -0.2) is 82.8 Å². The summed E-state index contributed by atoms with van der Waals surface area (Å²) in [7, 11) is 0. The fourth-order valence-corrected chi connectivity index (χ4v) is 8.93. The molecule has 0 amide bonds. The molecule has 5 unspecified atom stereocenters. The molecule has 4 aliphatic rings. The highest BCUT2D eigenvalue weighted by molar-refractivity contribution is 5.83. The van der Waals surface area contributed by atoms with Crippen LogP contribution in [0.3, 0.4) is 0 Å². The monoisotopic (exact) mass is 672 g/mol. The van der Waals surface area contributed by atoms with Gasteiger partial charge in [-0.25, -0.2) is 9.59 Å². The minimum Gasteiger partial charge on any atom is -0.472 e. The minimum absolute atomic E-state index is 0.0231. The Bertz CT molecular complexity index is 1500. The number of fused-ring (bicyclic) bond motifs is 2. The molecule has 5 rings (SSSR count). The number of esters is 4. The molecule has 3 heterocycles. The average Bonchev–Trinajstić information content (AvgIpc) is 3.62. The highest BCUT2D eigenvalue weighted by Gasteiger charge is 2.77. The van der Waals surface area contributed by atoms with Crippen LogP contribution >= 0.6 is 0 Å². The first-order valence-corrected chi connectivity index (χ1v) is 16.2. The predicted molar refractivity (Wildman–Crippen MR) is 164 cm³/mol. The Morgan fingerprint density at radius 2 is 1.92 bits per heavy atom. The van der Waals surface area contributed by atoms with Crippen LogP contribution in [0.15, 0.2) is 47.3 Å². The van der Waals surface area contributed by atoms with Gasteiger partial charge in [-0.15, -0.1) is 0 Å². The van der Waals surface area contributed by atoms with Crippen LogP contribution in [0.5, 0.6) is 0 Å². The summed E-state index contributed by atoms with van der Waals surface area (Å²) in [4.78, 5) is 64.4. The summed E-state index contributed by atoms with van der Waals surface area (Å²) in [6.07, 6.45) is 0.145. The third kappa shape index (κ3) is 5.26.